The molecule has 4 nitrogen and oxygen atoms in total. The average Bonchev–Trinajstić information content (AvgIpc) is 3.18. The number of aromatic nitrogens is 3. The summed E-state index contributed by atoms with van der Waals surface area (Å²) in [6.07, 6.45) is 3.69. The number of halogens is 1. The van der Waals surface area contributed by atoms with Gasteiger partial charge >= 0.3 is 0 Å². The van der Waals surface area contributed by atoms with Gasteiger partial charge in [0.15, 0.2) is 0 Å². The van der Waals surface area contributed by atoms with Gasteiger partial charge in [-0.25, -0.2) is 9.97 Å². The summed E-state index contributed by atoms with van der Waals surface area (Å²) in [4.78, 5) is 8.96. The largest absolute Gasteiger partial charge is 0.339 e. The van der Waals surface area contributed by atoms with Gasteiger partial charge in [0, 0.05) is 34.0 Å². The number of anilines is 2. The molecular weight excluding hydrogens is 316 g/mol. The maximum Gasteiger partial charge on any atom is 0.235 e. The van der Waals surface area contributed by atoms with Gasteiger partial charge in [-0.2, -0.15) is 11.3 Å². The summed E-state index contributed by atoms with van der Waals surface area (Å²) in [6, 6.07) is 11.5. The molecule has 0 aliphatic heterocycles. The number of thiophene rings is 1. The Morgan fingerprint density at radius 3 is 2.77 bits per heavy atom. The first kappa shape index (κ1) is 13.3. The molecule has 0 atom stereocenters. The van der Waals surface area contributed by atoms with Crippen LogP contribution >= 0.6 is 22.9 Å². The predicted molar refractivity (Wildman–Crippen MR) is 91.0 cm³/mol. The fourth-order valence-corrected chi connectivity index (χ4v) is 3.04. The maximum atomic E-state index is 5.95. The molecule has 0 aliphatic carbocycles. The molecule has 0 saturated heterocycles. The Labute approximate surface area is 136 Å². The molecule has 4 rings (SSSR count). The molecule has 1 N–H and O–H groups in total. The molecule has 108 valence electrons. The van der Waals surface area contributed by atoms with Gasteiger partial charge < -0.3 is 5.32 Å². The maximum absolute atomic E-state index is 5.95. The Morgan fingerprint density at radius 2 is 2.00 bits per heavy atom. The van der Waals surface area contributed by atoms with E-state index in [-0.39, 0.29) is 0 Å². The summed E-state index contributed by atoms with van der Waals surface area (Å²) >= 11 is 7.59. The van der Waals surface area contributed by atoms with Gasteiger partial charge in [-0.15, -0.1) is 0 Å². The first-order valence-electron chi connectivity index (χ1n) is 6.69. The fraction of sp³-hybridized carbons (Fsp3) is 0. The van der Waals surface area contributed by atoms with Crippen LogP contribution in [0.5, 0.6) is 0 Å². The van der Waals surface area contributed by atoms with E-state index >= 15 is 0 Å². The van der Waals surface area contributed by atoms with Crippen LogP contribution in [0, 0.1) is 0 Å². The lowest BCUT2D eigenvalue weighted by molar-refractivity contribution is 1.11. The van der Waals surface area contributed by atoms with Crippen molar-refractivity contribution in [2.45, 2.75) is 0 Å². The summed E-state index contributed by atoms with van der Waals surface area (Å²) in [5.74, 6) is 1.56. The third-order valence-corrected chi connectivity index (χ3v) is 4.24. The number of hydrogen-bond acceptors (Lipinski definition) is 4. The zero-order valence-corrected chi connectivity index (χ0v) is 13.0. The molecule has 22 heavy (non-hydrogen) atoms. The van der Waals surface area contributed by atoms with Crippen molar-refractivity contribution in [3.05, 3.63) is 64.6 Å². The van der Waals surface area contributed by atoms with Crippen molar-refractivity contribution in [3.63, 3.8) is 0 Å². The molecular formula is C16H11ClN4S. The molecule has 0 amide bonds. The van der Waals surface area contributed by atoms with Gasteiger partial charge in [0.05, 0.1) is 0 Å². The molecule has 3 aromatic heterocycles. The summed E-state index contributed by atoms with van der Waals surface area (Å²) in [7, 11) is 0. The fourth-order valence-electron chi connectivity index (χ4n) is 2.28. The van der Waals surface area contributed by atoms with E-state index in [1.54, 1.807) is 17.5 Å². The Balaban J connectivity index is 1.87. The Hall–Kier alpha value is -2.37. The van der Waals surface area contributed by atoms with Crippen LogP contribution in [0.1, 0.15) is 0 Å². The minimum absolute atomic E-state index is 0.667. The van der Waals surface area contributed by atoms with Gasteiger partial charge in [0.2, 0.25) is 5.78 Å². The lowest BCUT2D eigenvalue weighted by Gasteiger charge is -2.08. The second-order valence-electron chi connectivity index (χ2n) is 4.74. The zero-order chi connectivity index (χ0) is 14.9. The van der Waals surface area contributed by atoms with E-state index in [4.69, 9.17) is 11.6 Å². The second-order valence-corrected chi connectivity index (χ2v) is 5.96. The third-order valence-electron chi connectivity index (χ3n) is 3.31. The van der Waals surface area contributed by atoms with Crippen LogP contribution < -0.4 is 5.32 Å². The van der Waals surface area contributed by atoms with E-state index in [2.05, 4.69) is 26.7 Å². The highest BCUT2D eigenvalue weighted by molar-refractivity contribution is 7.08. The van der Waals surface area contributed by atoms with Crippen LogP contribution in [-0.2, 0) is 0 Å². The quantitative estimate of drug-likeness (QED) is 0.585. The first-order valence-corrected chi connectivity index (χ1v) is 8.01. The average molecular weight is 327 g/mol. The molecule has 0 aliphatic rings. The topological polar surface area (TPSA) is 42.2 Å². The second kappa shape index (κ2) is 5.44. The molecule has 0 fully saturated rings. The Kier molecular flexibility index (Phi) is 3.29. The number of imidazole rings is 1. The van der Waals surface area contributed by atoms with E-state index in [0.717, 1.165) is 22.8 Å². The van der Waals surface area contributed by atoms with Crippen LogP contribution in [0.15, 0.2) is 59.6 Å². The van der Waals surface area contributed by atoms with Crippen LogP contribution in [0.3, 0.4) is 0 Å². The molecule has 6 heteroatoms. The van der Waals surface area contributed by atoms with Crippen molar-refractivity contribution in [1.82, 2.24) is 14.4 Å². The van der Waals surface area contributed by atoms with Crippen molar-refractivity contribution in [2.75, 3.05) is 5.32 Å². The summed E-state index contributed by atoms with van der Waals surface area (Å²) < 4.78 is 1.95. The van der Waals surface area contributed by atoms with Gasteiger partial charge in [-0.1, -0.05) is 11.6 Å². The Bertz CT molecular complexity index is 913. The smallest absolute Gasteiger partial charge is 0.235 e. The van der Waals surface area contributed by atoms with E-state index in [9.17, 15) is 0 Å². The van der Waals surface area contributed by atoms with Crippen LogP contribution in [-0.4, -0.2) is 14.4 Å². The van der Waals surface area contributed by atoms with Gasteiger partial charge in [-0.3, -0.25) is 4.40 Å². The number of hydrogen-bond donors (Lipinski definition) is 1. The molecule has 0 bridgehead atoms. The molecule has 0 radical (unpaired) electrons. The monoisotopic (exact) mass is 326 g/mol. The Morgan fingerprint density at radius 1 is 1.14 bits per heavy atom. The van der Waals surface area contributed by atoms with Gasteiger partial charge in [0.1, 0.15) is 11.5 Å². The zero-order valence-electron chi connectivity index (χ0n) is 11.4. The predicted octanol–water partition coefficient (Wildman–Crippen LogP) is 4.85. The number of benzene rings is 1. The highest BCUT2D eigenvalue weighted by Gasteiger charge is 2.15. The molecule has 0 spiro atoms. The summed E-state index contributed by atoms with van der Waals surface area (Å²) in [6.45, 7) is 0. The van der Waals surface area contributed by atoms with Crippen LogP contribution in [0.25, 0.3) is 17.0 Å². The summed E-state index contributed by atoms with van der Waals surface area (Å²) in [5, 5.41) is 8.25. The standard InChI is InChI=1S/C16H11ClN4S/c17-12-2-4-13(5-3-12)19-15-14(11-6-9-22-10-11)20-16-18-7-1-8-21(15)16/h1-10,19H. The number of rotatable bonds is 3. The SMILES string of the molecule is Clc1ccc(Nc2c(-c3ccsc3)nc3ncccn23)cc1. The molecule has 0 saturated carbocycles. The molecule has 0 unspecified atom stereocenters. The molecule has 3 heterocycles. The van der Waals surface area contributed by atoms with E-state index in [1.165, 1.54) is 0 Å². The lowest BCUT2D eigenvalue weighted by Crippen LogP contribution is -1.96. The van der Waals surface area contributed by atoms with Crippen molar-refractivity contribution >= 4 is 40.2 Å². The minimum Gasteiger partial charge on any atom is -0.339 e. The summed E-state index contributed by atoms with van der Waals surface area (Å²) in [5.41, 5.74) is 2.91. The normalized spacial score (nSPS) is 11.0. The lowest BCUT2D eigenvalue weighted by atomic mass is 10.2. The molecule has 4 aromatic rings. The van der Waals surface area contributed by atoms with Gasteiger partial charge in [0.25, 0.3) is 0 Å². The van der Waals surface area contributed by atoms with Crippen molar-refractivity contribution in [1.29, 1.82) is 0 Å². The van der Waals surface area contributed by atoms with Crippen LogP contribution in [0.2, 0.25) is 5.02 Å². The van der Waals surface area contributed by atoms with Crippen molar-refractivity contribution < 1.29 is 0 Å². The highest BCUT2D eigenvalue weighted by Crippen LogP contribution is 2.31. The highest BCUT2D eigenvalue weighted by atomic mass is 35.5. The van der Waals surface area contributed by atoms with Crippen LogP contribution in [0.4, 0.5) is 11.5 Å². The minimum atomic E-state index is 0.667. The molecule has 1 aromatic carbocycles. The van der Waals surface area contributed by atoms with Gasteiger partial charge in [-0.05, 0) is 41.8 Å². The third kappa shape index (κ3) is 2.34. The van der Waals surface area contributed by atoms with Crippen molar-refractivity contribution in [2.24, 2.45) is 0 Å². The first-order chi connectivity index (χ1) is 10.8. The van der Waals surface area contributed by atoms with E-state index in [1.807, 2.05) is 46.3 Å². The van der Waals surface area contributed by atoms with E-state index in [0.29, 0.717) is 10.8 Å². The number of fused-ring (bicyclic) bond motifs is 1. The number of nitrogens with zero attached hydrogens (tertiary/aromatic N) is 3. The van der Waals surface area contributed by atoms with E-state index < -0.39 is 0 Å². The van der Waals surface area contributed by atoms with Crippen molar-refractivity contribution in [3.8, 4) is 11.3 Å². The number of nitrogens with one attached hydrogen (secondary N) is 1.